The van der Waals surface area contributed by atoms with E-state index in [4.69, 9.17) is 4.74 Å². The Labute approximate surface area is 195 Å². The largest absolute Gasteiger partial charge is 0.416 e. The zero-order valence-electron chi connectivity index (χ0n) is 18.4. The normalized spacial score (nSPS) is 17.6. The molecule has 176 valence electrons. The molecule has 2 aliphatic rings. The molecule has 34 heavy (non-hydrogen) atoms. The lowest BCUT2D eigenvalue weighted by Crippen LogP contribution is -2.35. The maximum Gasteiger partial charge on any atom is 0.416 e. The molecule has 8 heteroatoms. The summed E-state index contributed by atoms with van der Waals surface area (Å²) in [7, 11) is 0. The number of fused-ring (bicyclic) bond motifs is 1. The van der Waals surface area contributed by atoms with Crippen LogP contribution in [0.2, 0.25) is 0 Å². The molecule has 0 spiro atoms. The lowest BCUT2D eigenvalue weighted by molar-refractivity contribution is -0.137. The number of aromatic nitrogens is 1. The Morgan fingerprint density at radius 1 is 1.12 bits per heavy atom. The van der Waals surface area contributed by atoms with Crippen LogP contribution in [0.5, 0.6) is 0 Å². The van der Waals surface area contributed by atoms with Crippen LogP contribution in [0.15, 0.2) is 60.8 Å². The number of amides is 1. The van der Waals surface area contributed by atoms with Crippen LogP contribution in [-0.2, 0) is 23.8 Å². The first-order valence-corrected chi connectivity index (χ1v) is 11.3. The number of hydrogen-bond acceptors (Lipinski definition) is 4. The van der Waals surface area contributed by atoms with Gasteiger partial charge in [0.25, 0.3) is 5.91 Å². The Morgan fingerprint density at radius 2 is 1.94 bits per heavy atom. The van der Waals surface area contributed by atoms with E-state index in [1.807, 2.05) is 30.3 Å². The second kappa shape index (κ2) is 9.10. The van der Waals surface area contributed by atoms with Gasteiger partial charge in [-0.05, 0) is 66.3 Å². The third kappa shape index (κ3) is 4.63. The fourth-order valence-electron chi connectivity index (χ4n) is 4.61. The molecule has 1 fully saturated rings. The first kappa shape index (κ1) is 22.4. The van der Waals surface area contributed by atoms with E-state index >= 15 is 0 Å². The standard InChI is InChI=1S/C26H24F3N3O2/c27-26(28,29)19-4-1-3-17(14-19)13-18-7-10-30-24(15-18)32-11-8-21-22(5-2-6-23(21)32)25(33)31-20-9-12-34-16-20/h1-7,10,14-15,20H,8-9,11-13,16H2,(H,31,33)/t20-/m0/s1. The molecule has 0 unspecified atom stereocenters. The number of nitrogens with zero attached hydrogens (tertiary/aromatic N) is 2. The molecule has 3 aromatic rings. The molecule has 1 atom stereocenters. The van der Waals surface area contributed by atoms with Crippen molar-refractivity contribution in [2.45, 2.75) is 31.5 Å². The highest BCUT2D eigenvalue weighted by atomic mass is 19.4. The molecule has 5 rings (SSSR count). The monoisotopic (exact) mass is 467 g/mol. The molecule has 1 N–H and O–H groups in total. The van der Waals surface area contributed by atoms with Crippen molar-refractivity contribution in [3.05, 3.63) is 88.6 Å². The van der Waals surface area contributed by atoms with Crippen LogP contribution in [0, 0.1) is 0 Å². The summed E-state index contributed by atoms with van der Waals surface area (Å²) in [4.78, 5) is 19.4. The minimum atomic E-state index is -4.37. The van der Waals surface area contributed by atoms with Gasteiger partial charge in [-0.3, -0.25) is 4.79 Å². The number of ether oxygens (including phenoxy) is 1. The summed E-state index contributed by atoms with van der Waals surface area (Å²) in [5.74, 6) is 0.616. The fraction of sp³-hybridized carbons (Fsp3) is 0.308. The smallest absolute Gasteiger partial charge is 0.379 e. The van der Waals surface area contributed by atoms with Crippen molar-refractivity contribution in [2.75, 3.05) is 24.7 Å². The van der Waals surface area contributed by atoms with E-state index in [1.165, 1.54) is 12.1 Å². The third-order valence-electron chi connectivity index (χ3n) is 6.29. The topological polar surface area (TPSA) is 54.5 Å². The molecular weight excluding hydrogens is 443 g/mol. The van der Waals surface area contributed by atoms with Gasteiger partial charge >= 0.3 is 6.18 Å². The summed E-state index contributed by atoms with van der Waals surface area (Å²) < 4.78 is 44.6. The molecule has 0 bridgehead atoms. The van der Waals surface area contributed by atoms with Gasteiger partial charge in [0.15, 0.2) is 0 Å². The van der Waals surface area contributed by atoms with Crippen LogP contribution in [0.25, 0.3) is 0 Å². The van der Waals surface area contributed by atoms with Crippen LogP contribution in [0.4, 0.5) is 24.7 Å². The number of anilines is 2. The average Bonchev–Trinajstić information content (AvgIpc) is 3.48. The molecule has 5 nitrogen and oxygen atoms in total. The second-order valence-electron chi connectivity index (χ2n) is 8.64. The van der Waals surface area contributed by atoms with E-state index in [0.717, 1.165) is 29.3 Å². The van der Waals surface area contributed by atoms with E-state index < -0.39 is 11.7 Å². The number of hydrogen-bond donors (Lipinski definition) is 1. The van der Waals surface area contributed by atoms with Crippen molar-refractivity contribution < 1.29 is 22.7 Å². The van der Waals surface area contributed by atoms with Crippen LogP contribution in [-0.4, -0.2) is 36.7 Å². The van der Waals surface area contributed by atoms with Crippen molar-refractivity contribution in [1.29, 1.82) is 0 Å². The predicted octanol–water partition coefficient (Wildman–Crippen LogP) is 4.90. The number of carbonyl (C=O) groups excluding carboxylic acids is 1. The zero-order chi connectivity index (χ0) is 23.7. The third-order valence-corrected chi connectivity index (χ3v) is 6.29. The number of nitrogens with one attached hydrogen (secondary N) is 1. The molecule has 3 heterocycles. The number of carbonyl (C=O) groups is 1. The summed E-state index contributed by atoms with van der Waals surface area (Å²) in [6, 6.07) is 14.8. The fourth-order valence-corrected chi connectivity index (χ4v) is 4.61. The molecule has 0 radical (unpaired) electrons. The lowest BCUT2D eigenvalue weighted by Gasteiger charge is -2.20. The number of benzene rings is 2. The lowest BCUT2D eigenvalue weighted by atomic mass is 10.0. The summed E-state index contributed by atoms with van der Waals surface area (Å²) in [5, 5.41) is 3.05. The zero-order valence-corrected chi connectivity index (χ0v) is 18.4. The van der Waals surface area contributed by atoms with Crippen LogP contribution in [0.1, 0.15) is 39.0 Å². The molecule has 0 saturated carbocycles. The number of halogens is 3. The quantitative estimate of drug-likeness (QED) is 0.580. The highest BCUT2D eigenvalue weighted by molar-refractivity contribution is 5.98. The van der Waals surface area contributed by atoms with Gasteiger partial charge in [0.1, 0.15) is 5.82 Å². The van der Waals surface area contributed by atoms with Crippen molar-refractivity contribution >= 4 is 17.4 Å². The van der Waals surface area contributed by atoms with Crippen LogP contribution >= 0.6 is 0 Å². The van der Waals surface area contributed by atoms with Gasteiger partial charge in [0.05, 0.1) is 18.2 Å². The SMILES string of the molecule is O=C(N[C@H]1CCOC1)c1cccc2c1CCN2c1cc(Cc2cccc(C(F)(F)F)c2)ccn1. The van der Waals surface area contributed by atoms with E-state index in [-0.39, 0.29) is 11.9 Å². The predicted molar refractivity (Wildman–Crippen MR) is 122 cm³/mol. The van der Waals surface area contributed by atoms with Gasteiger partial charge in [0.2, 0.25) is 0 Å². The Kier molecular flexibility index (Phi) is 6.00. The molecule has 2 aliphatic heterocycles. The number of alkyl halides is 3. The Hall–Kier alpha value is -3.39. The van der Waals surface area contributed by atoms with Gasteiger partial charge < -0.3 is 15.0 Å². The summed E-state index contributed by atoms with van der Waals surface area (Å²) >= 11 is 0. The highest BCUT2D eigenvalue weighted by Crippen LogP contribution is 2.36. The van der Waals surface area contributed by atoms with Crippen molar-refractivity contribution in [2.24, 2.45) is 0 Å². The average molecular weight is 467 g/mol. The maximum absolute atomic E-state index is 13.1. The van der Waals surface area contributed by atoms with Crippen molar-refractivity contribution in [1.82, 2.24) is 10.3 Å². The molecule has 1 amide bonds. The molecular formula is C26H24F3N3O2. The summed E-state index contributed by atoms with van der Waals surface area (Å²) in [6.07, 6.45) is -0.804. The first-order valence-electron chi connectivity index (χ1n) is 11.3. The van der Waals surface area contributed by atoms with E-state index in [0.29, 0.717) is 49.5 Å². The summed E-state index contributed by atoms with van der Waals surface area (Å²) in [6.45, 7) is 1.87. The van der Waals surface area contributed by atoms with Gasteiger partial charge in [-0.15, -0.1) is 0 Å². The van der Waals surface area contributed by atoms with E-state index in [1.54, 1.807) is 12.3 Å². The minimum absolute atomic E-state index is 0.0371. The molecule has 0 aliphatic carbocycles. The van der Waals surface area contributed by atoms with Gasteiger partial charge in [-0.2, -0.15) is 13.2 Å². The van der Waals surface area contributed by atoms with E-state index in [2.05, 4.69) is 15.2 Å². The highest BCUT2D eigenvalue weighted by Gasteiger charge is 2.30. The molecule has 1 aromatic heterocycles. The van der Waals surface area contributed by atoms with Crippen molar-refractivity contribution in [3.63, 3.8) is 0 Å². The number of rotatable bonds is 5. The number of pyridine rings is 1. The van der Waals surface area contributed by atoms with Gasteiger partial charge in [-0.25, -0.2) is 4.98 Å². The van der Waals surface area contributed by atoms with Crippen molar-refractivity contribution in [3.8, 4) is 0 Å². The van der Waals surface area contributed by atoms with Gasteiger partial charge in [0, 0.05) is 30.6 Å². The van der Waals surface area contributed by atoms with Gasteiger partial charge in [-0.1, -0.05) is 24.3 Å². The Balaban J connectivity index is 1.37. The molecule has 2 aromatic carbocycles. The maximum atomic E-state index is 13.1. The van der Waals surface area contributed by atoms with Crippen LogP contribution in [0.3, 0.4) is 0 Å². The Morgan fingerprint density at radius 3 is 2.74 bits per heavy atom. The van der Waals surface area contributed by atoms with Crippen LogP contribution < -0.4 is 10.2 Å². The Bertz CT molecular complexity index is 1210. The van der Waals surface area contributed by atoms with E-state index in [9.17, 15) is 18.0 Å². The minimum Gasteiger partial charge on any atom is -0.379 e. The molecule has 1 saturated heterocycles. The first-order chi connectivity index (χ1) is 16.4. The summed E-state index contributed by atoms with van der Waals surface area (Å²) in [5.41, 5.74) is 3.37. The second-order valence-corrected chi connectivity index (χ2v) is 8.64.